The second-order valence-corrected chi connectivity index (χ2v) is 6.33. The number of pyridine rings is 1. The van der Waals surface area contributed by atoms with E-state index in [-0.39, 0.29) is 17.0 Å². The third kappa shape index (κ3) is 3.42. The molecule has 1 atom stereocenters. The molecule has 2 aromatic rings. The van der Waals surface area contributed by atoms with Crippen molar-refractivity contribution in [1.29, 1.82) is 0 Å². The molecule has 0 radical (unpaired) electrons. The van der Waals surface area contributed by atoms with Gasteiger partial charge in [-0.05, 0) is 36.2 Å². The SMILES string of the molecule is COc1cc(CCN2C(=O)CSC2c2ccccn2)ccc1O. The van der Waals surface area contributed by atoms with E-state index in [4.69, 9.17) is 4.74 Å². The van der Waals surface area contributed by atoms with Crippen molar-refractivity contribution in [3.8, 4) is 11.5 Å². The highest BCUT2D eigenvalue weighted by Crippen LogP contribution is 2.37. The minimum absolute atomic E-state index is 0.0253. The number of benzene rings is 1. The summed E-state index contributed by atoms with van der Waals surface area (Å²) in [7, 11) is 1.52. The second-order valence-electron chi connectivity index (χ2n) is 5.26. The fourth-order valence-electron chi connectivity index (χ4n) is 2.59. The molecule has 1 aromatic heterocycles. The van der Waals surface area contributed by atoms with Crippen molar-refractivity contribution in [2.75, 3.05) is 19.4 Å². The molecule has 0 bridgehead atoms. The summed E-state index contributed by atoms with van der Waals surface area (Å²) in [6.07, 6.45) is 2.45. The zero-order valence-corrected chi connectivity index (χ0v) is 13.6. The smallest absolute Gasteiger partial charge is 0.233 e. The molecule has 1 amide bonds. The van der Waals surface area contributed by atoms with Crippen LogP contribution < -0.4 is 4.74 Å². The fraction of sp³-hybridized carbons (Fsp3) is 0.294. The minimum Gasteiger partial charge on any atom is -0.504 e. The van der Waals surface area contributed by atoms with Gasteiger partial charge in [-0.3, -0.25) is 9.78 Å². The Balaban J connectivity index is 1.72. The van der Waals surface area contributed by atoms with Crippen LogP contribution in [-0.2, 0) is 11.2 Å². The normalized spacial score (nSPS) is 17.5. The first kappa shape index (κ1) is 15.7. The Morgan fingerprint density at radius 1 is 1.39 bits per heavy atom. The number of phenols is 1. The van der Waals surface area contributed by atoms with Gasteiger partial charge in [0.05, 0.1) is 18.6 Å². The Bertz CT molecular complexity index is 693. The minimum atomic E-state index is -0.0253. The standard InChI is InChI=1S/C17H18N2O3S/c1-22-15-10-12(5-6-14(15)20)7-9-19-16(21)11-23-17(19)13-4-2-3-8-18-13/h2-6,8,10,17,20H,7,9,11H2,1H3. The molecule has 0 spiro atoms. The van der Waals surface area contributed by atoms with E-state index in [2.05, 4.69) is 4.98 Å². The summed E-state index contributed by atoms with van der Waals surface area (Å²) in [5.41, 5.74) is 1.93. The second kappa shape index (κ2) is 6.91. The average Bonchev–Trinajstić information content (AvgIpc) is 2.95. The van der Waals surface area contributed by atoms with Crippen molar-refractivity contribution in [2.24, 2.45) is 0 Å². The largest absolute Gasteiger partial charge is 0.504 e. The molecule has 120 valence electrons. The molecule has 1 fully saturated rings. The maximum Gasteiger partial charge on any atom is 0.233 e. The lowest BCUT2D eigenvalue weighted by atomic mass is 10.1. The van der Waals surface area contributed by atoms with Gasteiger partial charge in [0, 0.05) is 12.7 Å². The van der Waals surface area contributed by atoms with Gasteiger partial charge in [0.1, 0.15) is 5.37 Å². The van der Waals surface area contributed by atoms with Crippen molar-refractivity contribution in [3.63, 3.8) is 0 Å². The van der Waals surface area contributed by atoms with Gasteiger partial charge in [-0.25, -0.2) is 0 Å². The molecule has 0 saturated carbocycles. The molecule has 1 aromatic carbocycles. The Hall–Kier alpha value is -2.21. The predicted octanol–water partition coefficient (Wildman–Crippen LogP) is 2.61. The molecular formula is C17H18N2O3S. The lowest BCUT2D eigenvalue weighted by Gasteiger charge is -2.23. The van der Waals surface area contributed by atoms with Crippen molar-refractivity contribution in [3.05, 3.63) is 53.9 Å². The Labute approximate surface area is 139 Å². The van der Waals surface area contributed by atoms with Crippen LogP contribution in [-0.4, -0.2) is 40.3 Å². The quantitative estimate of drug-likeness (QED) is 0.913. The van der Waals surface area contributed by atoms with E-state index in [0.29, 0.717) is 24.5 Å². The maximum atomic E-state index is 12.2. The van der Waals surface area contributed by atoms with Crippen LogP contribution in [0.1, 0.15) is 16.6 Å². The van der Waals surface area contributed by atoms with Gasteiger partial charge in [-0.15, -0.1) is 11.8 Å². The third-order valence-corrected chi connectivity index (χ3v) is 5.02. The number of carbonyl (C=O) groups is 1. The molecule has 6 heteroatoms. The number of carbonyl (C=O) groups excluding carboxylic acids is 1. The number of hydrogen-bond acceptors (Lipinski definition) is 5. The van der Waals surface area contributed by atoms with Crippen LogP contribution in [0, 0.1) is 0 Å². The Morgan fingerprint density at radius 3 is 3.00 bits per heavy atom. The van der Waals surface area contributed by atoms with Gasteiger partial charge in [0.15, 0.2) is 11.5 Å². The van der Waals surface area contributed by atoms with E-state index in [9.17, 15) is 9.90 Å². The number of methoxy groups -OCH3 is 1. The molecule has 23 heavy (non-hydrogen) atoms. The van der Waals surface area contributed by atoms with E-state index in [1.165, 1.54) is 7.11 Å². The summed E-state index contributed by atoms with van der Waals surface area (Å²) in [6.45, 7) is 0.612. The lowest BCUT2D eigenvalue weighted by Crippen LogP contribution is -2.30. The first-order chi connectivity index (χ1) is 11.2. The van der Waals surface area contributed by atoms with Crippen molar-refractivity contribution < 1.29 is 14.6 Å². The van der Waals surface area contributed by atoms with Gasteiger partial charge in [-0.1, -0.05) is 12.1 Å². The van der Waals surface area contributed by atoms with Crippen molar-refractivity contribution in [2.45, 2.75) is 11.8 Å². The Morgan fingerprint density at radius 2 is 2.26 bits per heavy atom. The number of hydrogen-bond donors (Lipinski definition) is 1. The summed E-state index contributed by atoms with van der Waals surface area (Å²) < 4.78 is 5.12. The third-order valence-electron chi connectivity index (χ3n) is 3.79. The van der Waals surface area contributed by atoms with Crippen LogP contribution in [0.3, 0.4) is 0 Å². The van der Waals surface area contributed by atoms with E-state index in [0.717, 1.165) is 11.3 Å². The lowest BCUT2D eigenvalue weighted by molar-refractivity contribution is -0.128. The molecule has 1 N–H and O–H groups in total. The summed E-state index contributed by atoms with van der Waals surface area (Å²) in [5, 5.41) is 9.62. The fourth-order valence-corrected chi connectivity index (χ4v) is 3.77. The highest BCUT2D eigenvalue weighted by molar-refractivity contribution is 8.00. The predicted molar refractivity (Wildman–Crippen MR) is 89.5 cm³/mol. The van der Waals surface area contributed by atoms with Crippen molar-refractivity contribution in [1.82, 2.24) is 9.88 Å². The number of phenolic OH excluding ortho intramolecular Hbond substituents is 1. The molecule has 2 heterocycles. The zero-order chi connectivity index (χ0) is 16.2. The van der Waals surface area contributed by atoms with Crippen LogP contribution in [0.2, 0.25) is 0 Å². The topological polar surface area (TPSA) is 62.7 Å². The van der Waals surface area contributed by atoms with Gasteiger partial charge in [0.2, 0.25) is 5.91 Å². The number of nitrogens with zero attached hydrogens (tertiary/aromatic N) is 2. The number of aromatic nitrogens is 1. The summed E-state index contributed by atoms with van der Waals surface area (Å²) >= 11 is 1.61. The molecule has 1 unspecified atom stereocenters. The van der Waals surface area contributed by atoms with E-state index >= 15 is 0 Å². The summed E-state index contributed by atoms with van der Waals surface area (Å²) in [5.74, 6) is 1.19. The number of rotatable bonds is 5. The molecule has 3 rings (SSSR count). The molecule has 0 aliphatic carbocycles. The summed E-state index contributed by atoms with van der Waals surface area (Å²) in [4.78, 5) is 18.4. The average molecular weight is 330 g/mol. The number of thioether (sulfide) groups is 1. The van der Waals surface area contributed by atoms with Crippen LogP contribution in [0.25, 0.3) is 0 Å². The zero-order valence-electron chi connectivity index (χ0n) is 12.8. The number of amides is 1. The van der Waals surface area contributed by atoms with Gasteiger partial charge < -0.3 is 14.7 Å². The molecular weight excluding hydrogens is 312 g/mol. The molecule has 5 nitrogen and oxygen atoms in total. The molecule has 1 saturated heterocycles. The van der Waals surface area contributed by atoms with E-state index in [1.54, 1.807) is 30.1 Å². The van der Waals surface area contributed by atoms with Crippen molar-refractivity contribution >= 4 is 17.7 Å². The van der Waals surface area contributed by atoms with Crippen LogP contribution in [0.5, 0.6) is 11.5 Å². The Kier molecular flexibility index (Phi) is 4.71. The van der Waals surface area contributed by atoms with Gasteiger partial charge in [-0.2, -0.15) is 0 Å². The highest BCUT2D eigenvalue weighted by atomic mass is 32.2. The number of aromatic hydroxyl groups is 1. The molecule has 1 aliphatic rings. The van der Waals surface area contributed by atoms with Crippen LogP contribution >= 0.6 is 11.8 Å². The highest BCUT2D eigenvalue weighted by Gasteiger charge is 2.33. The first-order valence-corrected chi connectivity index (χ1v) is 8.42. The maximum absolute atomic E-state index is 12.2. The van der Waals surface area contributed by atoms with Gasteiger partial charge in [0.25, 0.3) is 0 Å². The van der Waals surface area contributed by atoms with E-state index < -0.39 is 0 Å². The van der Waals surface area contributed by atoms with E-state index in [1.807, 2.05) is 29.2 Å². The van der Waals surface area contributed by atoms with Crippen LogP contribution in [0.4, 0.5) is 0 Å². The first-order valence-electron chi connectivity index (χ1n) is 7.37. The van der Waals surface area contributed by atoms with Crippen LogP contribution in [0.15, 0.2) is 42.6 Å². The summed E-state index contributed by atoms with van der Waals surface area (Å²) in [6, 6.07) is 11.0. The van der Waals surface area contributed by atoms with Gasteiger partial charge >= 0.3 is 0 Å². The number of ether oxygens (including phenoxy) is 1. The monoisotopic (exact) mass is 330 g/mol. The molecule has 1 aliphatic heterocycles.